The lowest BCUT2D eigenvalue weighted by Crippen LogP contribution is -2.21. The molecule has 2 aromatic heterocycles. The zero-order chi connectivity index (χ0) is 18.8. The van der Waals surface area contributed by atoms with Crippen molar-refractivity contribution in [3.8, 4) is 11.4 Å². The van der Waals surface area contributed by atoms with Gasteiger partial charge in [-0.15, -0.1) is 0 Å². The van der Waals surface area contributed by atoms with Crippen LogP contribution in [0.1, 0.15) is 23.0 Å². The van der Waals surface area contributed by atoms with Crippen LogP contribution in [0, 0.1) is 12.8 Å². The van der Waals surface area contributed by atoms with Crippen LogP contribution in [0.15, 0.2) is 36.5 Å². The Labute approximate surface area is 159 Å². The Morgan fingerprint density at radius 2 is 2.04 bits per heavy atom. The van der Waals surface area contributed by atoms with Crippen LogP contribution in [0.2, 0.25) is 0 Å². The molecular weight excluding hydrogens is 340 g/mol. The molecular formula is C20H26N6O. The van der Waals surface area contributed by atoms with Crippen molar-refractivity contribution in [2.45, 2.75) is 19.4 Å². The van der Waals surface area contributed by atoms with E-state index >= 15 is 0 Å². The Bertz CT molecular complexity index is 887. The van der Waals surface area contributed by atoms with E-state index in [1.807, 2.05) is 42.1 Å². The van der Waals surface area contributed by atoms with E-state index in [1.54, 1.807) is 7.11 Å². The minimum Gasteiger partial charge on any atom is -0.384 e. The minimum atomic E-state index is 0.284. The second-order valence-electron chi connectivity index (χ2n) is 7.34. The number of aromatic nitrogens is 5. The van der Waals surface area contributed by atoms with Crippen molar-refractivity contribution in [2.24, 2.45) is 13.0 Å². The molecule has 1 saturated heterocycles. The average Bonchev–Trinajstić information content (AvgIpc) is 3.36. The molecule has 3 heterocycles. The van der Waals surface area contributed by atoms with Crippen LogP contribution in [0.3, 0.4) is 0 Å². The first-order chi connectivity index (χ1) is 13.1. The number of H-pyrrole nitrogens is 1. The van der Waals surface area contributed by atoms with Gasteiger partial charge in [-0.1, -0.05) is 30.3 Å². The van der Waals surface area contributed by atoms with Crippen molar-refractivity contribution >= 4 is 0 Å². The second-order valence-corrected chi connectivity index (χ2v) is 7.34. The molecule has 1 aromatic carbocycles. The highest BCUT2D eigenvalue weighted by Gasteiger charge is 2.36. The van der Waals surface area contributed by atoms with E-state index in [1.165, 1.54) is 5.56 Å². The monoisotopic (exact) mass is 366 g/mol. The lowest BCUT2D eigenvalue weighted by Gasteiger charge is -2.14. The van der Waals surface area contributed by atoms with Crippen LogP contribution in [0.25, 0.3) is 11.4 Å². The van der Waals surface area contributed by atoms with Gasteiger partial charge in [0.15, 0.2) is 5.82 Å². The minimum absolute atomic E-state index is 0.284. The number of nitrogens with zero attached hydrogens (tertiary/aromatic N) is 5. The van der Waals surface area contributed by atoms with Crippen molar-refractivity contribution < 1.29 is 4.74 Å². The van der Waals surface area contributed by atoms with E-state index in [4.69, 9.17) is 9.72 Å². The van der Waals surface area contributed by atoms with E-state index in [0.717, 1.165) is 42.5 Å². The number of aromatic amines is 1. The van der Waals surface area contributed by atoms with E-state index < -0.39 is 0 Å². The third-order valence-corrected chi connectivity index (χ3v) is 5.29. The summed E-state index contributed by atoms with van der Waals surface area (Å²) in [6.45, 7) is 5.60. The molecule has 1 fully saturated rings. The largest absolute Gasteiger partial charge is 0.384 e. The van der Waals surface area contributed by atoms with Gasteiger partial charge in [-0.2, -0.15) is 10.2 Å². The molecule has 1 aliphatic rings. The molecule has 1 aliphatic heterocycles. The van der Waals surface area contributed by atoms with Crippen LogP contribution in [-0.4, -0.2) is 56.7 Å². The van der Waals surface area contributed by atoms with Gasteiger partial charge in [-0.05, 0) is 6.92 Å². The summed E-state index contributed by atoms with van der Waals surface area (Å²) in [5.74, 6) is 2.38. The van der Waals surface area contributed by atoms with Gasteiger partial charge in [0, 0.05) is 63.0 Å². The maximum absolute atomic E-state index is 5.49. The van der Waals surface area contributed by atoms with Gasteiger partial charge in [0.05, 0.1) is 12.3 Å². The topological polar surface area (TPSA) is 71.9 Å². The predicted molar refractivity (Wildman–Crippen MR) is 103 cm³/mol. The van der Waals surface area contributed by atoms with Gasteiger partial charge in [0.1, 0.15) is 5.82 Å². The average molecular weight is 366 g/mol. The van der Waals surface area contributed by atoms with Gasteiger partial charge in [-0.3, -0.25) is 14.7 Å². The molecule has 27 heavy (non-hydrogen) atoms. The third kappa shape index (κ3) is 3.79. The lowest BCUT2D eigenvalue weighted by molar-refractivity contribution is 0.146. The van der Waals surface area contributed by atoms with Crippen molar-refractivity contribution in [1.29, 1.82) is 0 Å². The Morgan fingerprint density at radius 1 is 1.22 bits per heavy atom. The fraction of sp³-hybridized carbons (Fsp3) is 0.450. The summed E-state index contributed by atoms with van der Waals surface area (Å²) >= 11 is 0. The van der Waals surface area contributed by atoms with Gasteiger partial charge in [0.2, 0.25) is 0 Å². The maximum atomic E-state index is 5.49. The van der Waals surface area contributed by atoms with Gasteiger partial charge < -0.3 is 4.74 Å². The summed E-state index contributed by atoms with van der Waals surface area (Å²) in [4.78, 5) is 7.25. The number of nitrogens with one attached hydrogen (secondary N) is 1. The Balaban J connectivity index is 1.52. The summed E-state index contributed by atoms with van der Waals surface area (Å²) in [5.41, 5.74) is 3.40. The van der Waals surface area contributed by atoms with Crippen molar-refractivity contribution in [3.63, 3.8) is 0 Å². The van der Waals surface area contributed by atoms with Crippen molar-refractivity contribution in [2.75, 3.05) is 26.8 Å². The summed E-state index contributed by atoms with van der Waals surface area (Å²) < 4.78 is 7.37. The number of benzene rings is 1. The van der Waals surface area contributed by atoms with Gasteiger partial charge >= 0.3 is 0 Å². The molecule has 0 unspecified atom stereocenters. The molecule has 0 spiro atoms. The summed E-state index contributed by atoms with van der Waals surface area (Å²) in [7, 11) is 3.73. The normalized spacial score (nSPS) is 20.4. The number of ether oxygens (including phenoxy) is 1. The highest BCUT2D eigenvalue weighted by molar-refractivity contribution is 5.53. The maximum Gasteiger partial charge on any atom is 0.181 e. The SMILES string of the molecule is COC[C@@H]1CN(Cc2cn(C)nc2C)C[C@H]1c1nc(-c2ccccc2)n[nH]1. The number of hydrogen-bond acceptors (Lipinski definition) is 5. The summed E-state index contributed by atoms with van der Waals surface area (Å²) in [6.07, 6.45) is 2.11. The number of likely N-dealkylation sites (tertiary alicyclic amines) is 1. The van der Waals surface area contributed by atoms with E-state index in [2.05, 4.69) is 33.3 Å². The molecule has 3 aromatic rings. The molecule has 0 saturated carbocycles. The molecule has 7 nitrogen and oxygen atoms in total. The molecule has 4 rings (SSSR count). The number of methoxy groups -OCH3 is 1. The highest BCUT2D eigenvalue weighted by Crippen LogP contribution is 2.33. The molecule has 0 bridgehead atoms. The number of hydrogen-bond donors (Lipinski definition) is 1. The van der Waals surface area contributed by atoms with E-state index in [0.29, 0.717) is 12.5 Å². The number of aryl methyl sites for hydroxylation is 2. The number of rotatable bonds is 6. The molecule has 7 heteroatoms. The molecule has 0 aliphatic carbocycles. The molecule has 2 atom stereocenters. The third-order valence-electron chi connectivity index (χ3n) is 5.29. The van der Waals surface area contributed by atoms with Crippen LogP contribution < -0.4 is 0 Å². The highest BCUT2D eigenvalue weighted by atomic mass is 16.5. The van der Waals surface area contributed by atoms with Crippen LogP contribution in [0.4, 0.5) is 0 Å². The zero-order valence-electron chi connectivity index (χ0n) is 16.1. The van der Waals surface area contributed by atoms with Gasteiger partial charge in [0.25, 0.3) is 0 Å². The zero-order valence-corrected chi connectivity index (χ0v) is 16.1. The van der Waals surface area contributed by atoms with Crippen molar-refractivity contribution in [1.82, 2.24) is 29.9 Å². The quantitative estimate of drug-likeness (QED) is 0.725. The molecule has 0 amide bonds. The Kier molecular flexibility index (Phi) is 5.05. The Hall–Kier alpha value is -2.51. The first-order valence-electron chi connectivity index (χ1n) is 9.32. The summed E-state index contributed by atoms with van der Waals surface area (Å²) in [5, 5.41) is 12.1. The lowest BCUT2D eigenvalue weighted by atomic mass is 9.96. The smallest absolute Gasteiger partial charge is 0.181 e. The van der Waals surface area contributed by atoms with E-state index in [-0.39, 0.29) is 5.92 Å². The van der Waals surface area contributed by atoms with Gasteiger partial charge in [-0.25, -0.2) is 4.98 Å². The fourth-order valence-corrected chi connectivity index (χ4v) is 3.98. The van der Waals surface area contributed by atoms with Crippen LogP contribution >= 0.6 is 0 Å². The van der Waals surface area contributed by atoms with Crippen LogP contribution in [0.5, 0.6) is 0 Å². The first kappa shape index (κ1) is 17.9. The molecule has 0 radical (unpaired) electrons. The standard InChI is InChI=1S/C20H26N6O/c1-14-16(9-25(2)24-14)10-26-11-17(13-27-3)18(12-26)20-21-19(22-23-20)15-7-5-4-6-8-15/h4-9,17-18H,10-13H2,1-3H3,(H,21,22,23)/t17-,18+/m0/s1. The molecule has 1 N–H and O–H groups in total. The van der Waals surface area contributed by atoms with Crippen molar-refractivity contribution in [3.05, 3.63) is 53.6 Å². The second kappa shape index (κ2) is 7.62. The Morgan fingerprint density at radius 3 is 2.74 bits per heavy atom. The predicted octanol–water partition coefficient (Wildman–Crippen LogP) is 2.38. The van der Waals surface area contributed by atoms with E-state index in [9.17, 15) is 0 Å². The molecule has 142 valence electrons. The summed E-state index contributed by atoms with van der Waals surface area (Å²) in [6, 6.07) is 10.1. The van der Waals surface area contributed by atoms with Crippen LogP contribution in [-0.2, 0) is 18.3 Å². The first-order valence-corrected chi connectivity index (χ1v) is 9.32. The fourth-order valence-electron chi connectivity index (χ4n) is 3.98.